The predicted octanol–water partition coefficient (Wildman–Crippen LogP) is 4.80. The minimum Gasteiger partial charge on any atom is -0.497 e. The third-order valence-electron chi connectivity index (χ3n) is 3.54. The summed E-state index contributed by atoms with van der Waals surface area (Å²) in [5.74, 6) is 1.47. The fourth-order valence-corrected chi connectivity index (χ4v) is 3.31. The average Bonchev–Trinajstić information content (AvgIpc) is 2.98. The van der Waals surface area contributed by atoms with Gasteiger partial charge in [-0.2, -0.15) is 0 Å². The molecule has 2 atom stereocenters. The Morgan fingerprint density at radius 2 is 1.90 bits per heavy atom. The predicted molar refractivity (Wildman–Crippen MR) is 86.4 cm³/mol. The Labute approximate surface area is 125 Å². The van der Waals surface area contributed by atoms with E-state index < -0.39 is 0 Å². The second-order valence-corrected chi connectivity index (χ2v) is 6.38. The van der Waals surface area contributed by atoms with Crippen LogP contribution >= 0.6 is 11.3 Å². The van der Waals surface area contributed by atoms with Crippen molar-refractivity contribution in [2.45, 2.75) is 32.9 Å². The number of thiophene rings is 1. The van der Waals surface area contributed by atoms with Crippen molar-refractivity contribution < 1.29 is 4.74 Å². The molecule has 0 aliphatic rings. The van der Waals surface area contributed by atoms with Gasteiger partial charge < -0.3 is 10.1 Å². The van der Waals surface area contributed by atoms with Gasteiger partial charge in [-0.25, -0.2) is 0 Å². The van der Waals surface area contributed by atoms with Crippen LogP contribution in [-0.2, 0) is 0 Å². The molecular formula is C17H23NOS. The zero-order chi connectivity index (χ0) is 14.5. The summed E-state index contributed by atoms with van der Waals surface area (Å²) in [4.78, 5) is 1.40. The fraction of sp³-hybridized carbons (Fsp3) is 0.412. The second kappa shape index (κ2) is 6.91. The van der Waals surface area contributed by atoms with Gasteiger partial charge in [-0.1, -0.05) is 32.0 Å². The molecule has 108 valence electrons. The van der Waals surface area contributed by atoms with Crippen molar-refractivity contribution in [3.05, 3.63) is 52.2 Å². The third-order valence-corrected chi connectivity index (χ3v) is 4.50. The van der Waals surface area contributed by atoms with Crippen LogP contribution in [0.25, 0.3) is 0 Å². The lowest BCUT2D eigenvalue weighted by Gasteiger charge is -2.26. The second-order valence-electron chi connectivity index (χ2n) is 5.40. The molecule has 0 radical (unpaired) electrons. The summed E-state index contributed by atoms with van der Waals surface area (Å²) in [6.45, 7) is 6.73. The number of methoxy groups -OCH3 is 1. The molecule has 1 aromatic carbocycles. The van der Waals surface area contributed by atoms with Gasteiger partial charge in [0.1, 0.15) is 5.75 Å². The normalized spacial score (nSPS) is 14.2. The van der Waals surface area contributed by atoms with Crippen molar-refractivity contribution in [3.8, 4) is 5.75 Å². The number of hydrogen-bond donors (Lipinski definition) is 1. The SMILES string of the molecule is COc1cccc(C(C)NC(c2cccs2)C(C)C)c1. The largest absolute Gasteiger partial charge is 0.497 e. The Kier molecular flexibility index (Phi) is 5.21. The molecule has 0 aliphatic heterocycles. The topological polar surface area (TPSA) is 21.3 Å². The van der Waals surface area contributed by atoms with Gasteiger partial charge >= 0.3 is 0 Å². The van der Waals surface area contributed by atoms with E-state index in [9.17, 15) is 0 Å². The van der Waals surface area contributed by atoms with Crippen LogP contribution in [0.15, 0.2) is 41.8 Å². The molecule has 0 bridgehead atoms. The third kappa shape index (κ3) is 3.62. The Hall–Kier alpha value is -1.32. The molecule has 0 spiro atoms. The van der Waals surface area contributed by atoms with E-state index >= 15 is 0 Å². The number of rotatable bonds is 6. The smallest absolute Gasteiger partial charge is 0.119 e. The monoisotopic (exact) mass is 289 g/mol. The molecular weight excluding hydrogens is 266 g/mol. The van der Waals surface area contributed by atoms with Gasteiger partial charge in [0.25, 0.3) is 0 Å². The van der Waals surface area contributed by atoms with Crippen molar-refractivity contribution in [1.29, 1.82) is 0 Å². The van der Waals surface area contributed by atoms with Crippen molar-refractivity contribution in [1.82, 2.24) is 5.32 Å². The Morgan fingerprint density at radius 3 is 2.50 bits per heavy atom. The van der Waals surface area contributed by atoms with E-state index in [1.807, 2.05) is 23.5 Å². The van der Waals surface area contributed by atoms with E-state index in [1.54, 1.807) is 7.11 Å². The molecule has 1 heterocycles. The summed E-state index contributed by atoms with van der Waals surface area (Å²) < 4.78 is 5.30. The summed E-state index contributed by atoms with van der Waals surface area (Å²) in [7, 11) is 1.71. The van der Waals surface area contributed by atoms with Crippen molar-refractivity contribution in [2.24, 2.45) is 5.92 Å². The molecule has 0 saturated carbocycles. The lowest BCUT2D eigenvalue weighted by molar-refractivity contribution is 0.377. The first-order valence-corrected chi connectivity index (χ1v) is 7.93. The molecule has 2 rings (SSSR count). The van der Waals surface area contributed by atoms with Crippen LogP contribution in [0.2, 0.25) is 0 Å². The summed E-state index contributed by atoms with van der Waals surface area (Å²) in [5, 5.41) is 5.88. The van der Waals surface area contributed by atoms with Gasteiger partial charge in [0, 0.05) is 17.0 Å². The van der Waals surface area contributed by atoms with Crippen molar-refractivity contribution in [3.63, 3.8) is 0 Å². The molecule has 1 N–H and O–H groups in total. The standard InChI is InChI=1S/C17H23NOS/c1-12(2)17(16-9-6-10-20-16)18-13(3)14-7-5-8-15(11-14)19-4/h5-13,17-18H,1-4H3. The van der Waals surface area contributed by atoms with Crippen LogP contribution in [0.1, 0.15) is 43.3 Å². The highest BCUT2D eigenvalue weighted by Crippen LogP contribution is 2.29. The van der Waals surface area contributed by atoms with Crippen molar-refractivity contribution >= 4 is 11.3 Å². The Balaban J connectivity index is 2.14. The lowest BCUT2D eigenvalue weighted by Crippen LogP contribution is -2.27. The summed E-state index contributed by atoms with van der Waals surface area (Å²) in [5.41, 5.74) is 1.26. The molecule has 0 amide bonds. The van der Waals surface area contributed by atoms with Crippen LogP contribution < -0.4 is 10.1 Å². The lowest BCUT2D eigenvalue weighted by atomic mass is 9.99. The van der Waals surface area contributed by atoms with Gasteiger partial charge in [-0.05, 0) is 42.0 Å². The summed E-state index contributed by atoms with van der Waals surface area (Å²) in [6.07, 6.45) is 0. The van der Waals surface area contributed by atoms with Gasteiger partial charge in [-0.3, -0.25) is 0 Å². The highest BCUT2D eigenvalue weighted by atomic mass is 32.1. The van der Waals surface area contributed by atoms with Gasteiger partial charge in [0.05, 0.1) is 7.11 Å². The molecule has 2 nitrogen and oxygen atoms in total. The summed E-state index contributed by atoms with van der Waals surface area (Å²) >= 11 is 1.82. The van der Waals surface area contributed by atoms with Crippen LogP contribution in [0.3, 0.4) is 0 Å². The zero-order valence-electron chi connectivity index (χ0n) is 12.6. The summed E-state index contributed by atoms with van der Waals surface area (Å²) in [6, 6.07) is 13.3. The first kappa shape index (κ1) is 15.1. The Bertz CT molecular complexity index is 522. The number of benzene rings is 1. The number of ether oxygens (including phenoxy) is 1. The zero-order valence-corrected chi connectivity index (χ0v) is 13.4. The molecule has 3 heteroatoms. The Morgan fingerprint density at radius 1 is 1.10 bits per heavy atom. The maximum atomic E-state index is 5.30. The van der Waals surface area contributed by atoms with Crippen LogP contribution in [0, 0.1) is 5.92 Å². The quantitative estimate of drug-likeness (QED) is 0.824. The van der Waals surface area contributed by atoms with E-state index in [-0.39, 0.29) is 0 Å². The van der Waals surface area contributed by atoms with Crippen LogP contribution in [-0.4, -0.2) is 7.11 Å². The van der Waals surface area contributed by atoms with E-state index in [0.717, 1.165) is 5.75 Å². The molecule has 2 aromatic rings. The molecule has 20 heavy (non-hydrogen) atoms. The molecule has 1 aromatic heterocycles. The number of nitrogens with one attached hydrogen (secondary N) is 1. The van der Waals surface area contributed by atoms with Gasteiger partial charge in [0.15, 0.2) is 0 Å². The van der Waals surface area contributed by atoms with Crippen LogP contribution in [0.4, 0.5) is 0 Å². The highest BCUT2D eigenvalue weighted by molar-refractivity contribution is 7.10. The van der Waals surface area contributed by atoms with Gasteiger partial charge in [-0.15, -0.1) is 11.3 Å². The molecule has 0 fully saturated rings. The van der Waals surface area contributed by atoms with E-state index in [2.05, 4.69) is 55.7 Å². The average molecular weight is 289 g/mol. The molecule has 2 unspecified atom stereocenters. The minimum atomic E-state index is 0.291. The molecule has 0 aliphatic carbocycles. The van der Waals surface area contributed by atoms with E-state index in [0.29, 0.717) is 18.0 Å². The van der Waals surface area contributed by atoms with E-state index in [4.69, 9.17) is 4.74 Å². The van der Waals surface area contributed by atoms with Gasteiger partial charge in [0.2, 0.25) is 0 Å². The molecule has 0 saturated heterocycles. The minimum absolute atomic E-state index is 0.291. The first-order valence-electron chi connectivity index (χ1n) is 7.05. The maximum absolute atomic E-state index is 5.30. The van der Waals surface area contributed by atoms with E-state index in [1.165, 1.54) is 10.4 Å². The number of hydrogen-bond acceptors (Lipinski definition) is 3. The van der Waals surface area contributed by atoms with Crippen molar-refractivity contribution in [2.75, 3.05) is 7.11 Å². The highest BCUT2D eigenvalue weighted by Gasteiger charge is 2.19. The first-order chi connectivity index (χ1) is 9.61. The maximum Gasteiger partial charge on any atom is 0.119 e. The van der Waals surface area contributed by atoms with Crippen LogP contribution in [0.5, 0.6) is 5.75 Å². The fourth-order valence-electron chi connectivity index (χ4n) is 2.35.